The van der Waals surface area contributed by atoms with E-state index >= 15 is 0 Å². The quantitative estimate of drug-likeness (QED) is 0.137. The largest absolute Gasteiger partial charge is 0.480 e. The molecule has 0 aliphatic rings. The number of nitrogens with one attached hydrogen (secondary N) is 4. The van der Waals surface area contributed by atoms with Gasteiger partial charge in [0.05, 0.1) is 12.4 Å². The van der Waals surface area contributed by atoms with Crippen LogP contribution < -0.4 is 27.4 Å². The SMILES string of the molecule is CC(C)CC(NC(=O)C(N)Cc1cnc[nH]1)C(=O)NC(CCCCN)C(=O)NC(Cc1ccccc1)C(=O)O. The standard InChI is InChI=1S/C27H41N7O5/c1-17(2)12-22(33-24(35)20(29)14-19-15-30-16-31-19)26(37)32-21(10-6-7-11-28)25(36)34-23(27(38)39)13-18-8-4-3-5-9-18/h3-5,8-9,15-17,20-23H,6-7,10-14,28-29H2,1-2H3,(H,30,31)(H,32,37)(H,33,35)(H,34,36)(H,38,39). The van der Waals surface area contributed by atoms with Crippen molar-refractivity contribution in [2.24, 2.45) is 17.4 Å². The maximum atomic E-state index is 13.3. The molecule has 1 aromatic heterocycles. The van der Waals surface area contributed by atoms with Gasteiger partial charge in [0.1, 0.15) is 18.1 Å². The minimum atomic E-state index is -1.18. The van der Waals surface area contributed by atoms with Gasteiger partial charge in [0.15, 0.2) is 0 Å². The van der Waals surface area contributed by atoms with Gasteiger partial charge in [0, 0.05) is 24.7 Å². The molecule has 0 spiro atoms. The zero-order valence-electron chi connectivity index (χ0n) is 22.6. The van der Waals surface area contributed by atoms with Gasteiger partial charge in [-0.05, 0) is 43.7 Å². The average Bonchev–Trinajstić information content (AvgIpc) is 3.40. The third kappa shape index (κ3) is 11.2. The number of amides is 3. The van der Waals surface area contributed by atoms with Gasteiger partial charge in [0.2, 0.25) is 17.7 Å². The number of carboxylic acids is 1. The van der Waals surface area contributed by atoms with Gasteiger partial charge in [0.25, 0.3) is 0 Å². The number of carboxylic acid groups (broad SMARTS) is 1. The van der Waals surface area contributed by atoms with E-state index in [2.05, 4.69) is 25.9 Å². The second-order valence-electron chi connectivity index (χ2n) is 10.0. The van der Waals surface area contributed by atoms with Crippen LogP contribution in [0.5, 0.6) is 0 Å². The Balaban J connectivity index is 2.12. The lowest BCUT2D eigenvalue weighted by atomic mass is 10.0. The lowest BCUT2D eigenvalue weighted by molar-refractivity contribution is -0.142. The van der Waals surface area contributed by atoms with Crippen molar-refractivity contribution in [1.82, 2.24) is 25.9 Å². The molecule has 12 nitrogen and oxygen atoms in total. The summed E-state index contributed by atoms with van der Waals surface area (Å²) in [5.74, 6) is -2.81. The predicted molar refractivity (Wildman–Crippen MR) is 146 cm³/mol. The Morgan fingerprint density at radius 3 is 2.15 bits per heavy atom. The van der Waals surface area contributed by atoms with E-state index in [1.165, 1.54) is 6.33 Å². The highest BCUT2D eigenvalue weighted by Crippen LogP contribution is 2.10. The fourth-order valence-corrected chi connectivity index (χ4v) is 4.06. The van der Waals surface area contributed by atoms with Crippen molar-refractivity contribution in [2.75, 3.05) is 6.54 Å². The van der Waals surface area contributed by atoms with Crippen molar-refractivity contribution in [2.45, 2.75) is 76.5 Å². The van der Waals surface area contributed by atoms with Crippen LogP contribution in [0.25, 0.3) is 0 Å². The molecular weight excluding hydrogens is 502 g/mol. The Labute approximate surface area is 228 Å². The molecule has 3 amide bonds. The molecule has 2 aromatic rings. The molecule has 12 heteroatoms. The first-order valence-corrected chi connectivity index (χ1v) is 13.2. The second-order valence-corrected chi connectivity index (χ2v) is 10.0. The molecule has 214 valence electrons. The molecule has 4 unspecified atom stereocenters. The minimum absolute atomic E-state index is 0.0525. The number of hydrogen-bond acceptors (Lipinski definition) is 7. The highest BCUT2D eigenvalue weighted by Gasteiger charge is 2.30. The molecule has 0 radical (unpaired) electrons. The lowest BCUT2D eigenvalue weighted by Crippen LogP contribution is -2.57. The Hall–Kier alpha value is -3.77. The van der Waals surface area contributed by atoms with Crippen LogP contribution in [0, 0.1) is 5.92 Å². The van der Waals surface area contributed by atoms with Gasteiger partial charge < -0.3 is 37.5 Å². The van der Waals surface area contributed by atoms with Crippen LogP contribution >= 0.6 is 0 Å². The summed E-state index contributed by atoms with van der Waals surface area (Å²) in [6.45, 7) is 4.22. The Morgan fingerprint density at radius 2 is 1.56 bits per heavy atom. The number of carbonyl (C=O) groups is 4. The summed E-state index contributed by atoms with van der Waals surface area (Å²) < 4.78 is 0. The van der Waals surface area contributed by atoms with Crippen molar-refractivity contribution in [3.8, 4) is 0 Å². The summed E-state index contributed by atoms with van der Waals surface area (Å²) in [5.41, 5.74) is 13.1. The molecule has 0 bridgehead atoms. The van der Waals surface area contributed by atoms with Crippen LogP contribution in [-0.4, -0.2) is 69.5 Å². The van der Waals surface area contributed by atoms with Gasteiger partial charge >= 0.3 is 5.97 Å². The maximum Gasteiger partial charge on any atom is 0.326 e. The number of nitrogens with two attached hydrogens (primary N) is 2. The monoisotopic (exact) mass is 543 g/mol. The summed E-state index contributed by atoms with van der Waals surface area (Å²) in [6.07, 6.45) is 5.10. The van der Waals surface area contributed by atoms with Crippen molar-refractivity contribution in [3.05, 3.63) is 54.1 Å². The molecule has 0 saturated heterocycles. The number of imidazole rings is 1. The number of nitrogens with zero attached hydrogens (tertiary/aromatic N) is 1. The van der Waals surface area contributed by atoms with Crippen molar-refractivity contribution >= 4 is 23.7 Å². The first-order chi connectivity index (χ1) is 18.6. The molecule has 39 heavy (non-hydrogen) atoms. The Kier molecular flexibility index (Phi) is 13.1. The fourth-order valence-electron chi connectivity index (χ4n) is 4.06. The number of H-pyrrole nitrogens is 1. The van der Waals surface area contributed by atoms with E-state index in [0.29, 0.717) is 31.5 Å². The number of carbonyl (C=O) groups excluding carboxylic acids is 3. The smallest absolute Gasteiger partial charge is 0.326 e. The summed E-state index contributed by atoms with van der Waals surface area (Å²) in [5, 5.41) is 17.7. The molecule has 1 heterocycles. The first kappa shape index (κ1) is 31.4. The molecule has 4 atom stereocenters. The molecule has 0 saturated carbocycles. The third-order valence-electron chi connectivity index (χ3n) is 6.15. The molecule has 9 N–H and O–H groups in total. The van der Waals surface area contributed by atoms with Crippen molar-refractivity contribution in [3.63, 3.8) is 0 Å². The molecular formula is C27H41N7O5. The molecule has 0 aliphatic carbocycles. The molecule has 0 fully saturated rings. The van der Waals surface area contributed by atoms with Gasteiger partial charge in [-0.1, -0.05) is 44.2 Å². The predicted octanol–water partition coefficient (Wildman–Crippen LogP) is 0.236. The molecule has 2 rings (SSSR count). The lowest BCUT2D eigenvalue weighted by Gasteiger charge is -2.26. The topological polar surface area (TPSA) is 205 Å². The van der Waals surface area contributed by atoms with Gasteiger partial charge in [-0.15, -0.1) is 0 Å². The number of hydrogen-bond donors (Lipinski definition) is 7. The number of aromatic nitrogens is 2. The summed E-state index contributed by atoms with van der Waals surface area (Å²) >= 11 is 0. The van der Waals surface area contributed by atoms with E-state index in [1.54, 1.807) is 30.5 Å². The zero-order chi connectivity index (χ0) is 28.8. The minimum Gasteiger partial charge on any atom is -0.480 e. The highest BCUT2D eigenvalue weighted by molar-refractivity contribution is 5.94. The van der Waals surface area contributed by atoms with E-state index < -0.39 is 47.9 Å². The van der Waals surface area contributed by atoms with Gasteiger partial charge in [-0.2, -0.15) is 0 Å². The van der Waals surface area contributed by atoms with Crippen LogP contribution in [0.15, 0.2) is 42.9 Å². The van der Waals surface area contributed by atoms with E-state index in [4.69, 9.17) is 11.5 Å². The Bertz CT molecular complexity index is 1050. The van der Waals surface area contributed by atoms with Crippen LogP contribution in [-0.2, 0) is 32.0 Å². The number of rotatable bonds is 17. The van der Waals surface area contributed by atoms with Crippen LogP contribution in [0.3, 0.4) is 0 Å². The Morgan fingerprint density at radius 1 is 0.923 bits per heavy atom. The van der Waals surface area contributed by atoms with Gasteiger partial charge in [-0.25, -0.2) is 9.78 Å². The number of benzene rings is 1. The highest BCUT2D eigenvalue weighted by atomic mass is 16.4. The summed E-state index contributed by atoms with van der Waals surface area (Å²) in [7, 11) is 0. The third-order valence-corrected chi connectivity index (χ3v) is 6.15. The van der Waals surface area contributed by atoms with Crippen LogP contribution in [0.2, 0.25) is 0 Å². The van der Waals surface area contributed by atoms with Crippen molar-refractivity contribution < 1.29 is 24.3 Å². The van der Waals surface area contributed by atoms with E-state index in [-0.39, 0.29) is 25.2 Å². The number of unbranched alkanes of at least 4 members (excludes halogenated alkanes) is 1. The van der Waals surface area contributed by atoms with Crippen LogP contribution in [0.1, 0.15) is 50.8 Å². The zero-order valence-corrected chi connectivity index (χ0v) is 22.6. The van der Waals surface area contributed by atoms with E-state index in [9.17, 15) is 24.3 Å². The fraction of sp³-hybridized carbons (Fsp3) is 0.519. The van der Waals surface area contributed by atoms with Crippen molar-refractivity contribution in [1.29, 1.82) is 0 Å². The molecule has 0 aliphatic heterocycles. The second kappa shape index (κ2) is 16.2. The normalized spacial score (nSPS) is 14.2. The summed E-state index contributed by atoms with van der Waals surface area (Å²) in [4.78, 5) is 58.0. The van der Waals surface area contributed by atoms with E-state index in [0.717, 1.165) is 5.56 Å². The maximum absolute atomic E-state index is 13.3. The van der Waals surface area contributed by atoms with E-state index in [1.807, 2.05) is 19.9 Å². The van der Waals surface area contributed by atoms with Crippen LogP contribution in [0.4, 0.5) is 0 Å². The first-order valence-electron chi connectivity index (χ1n) is 13.2. The summed E-state index contributed by atoms with van der Waals surface area (Å²) in [6, 6.07) is 4.91. The number of aromatic amines is 1. The average molecular weight is 544 g/mol. The number of aliphatic carboxylic acids is 1. The molecule has 1 aromatic carbocycles. The van der Waals surface area contributed by atoms with Gasteiger partial charge in [-0.3, -0.25) is 14.4 Å².